The molecule has 1 aliphatic rings. The lowest BCUT2D eigenvalue weighted by molar-refractivity contribution is 0.162. The fourth-order valence-electron chi connectivity index (χ4n) is 3.99. The minimum absolute atomic E-state index is 0.481. The van der Waals surface area contributed by atoms with E-state index >= 15 is 0 Å². The van der Waals surface area contributed by atoms with Crippen LogP contribution in [0.4, 0.5) is 0 Å². The zero-order chi connectivity index (χ0) is 18.3. The molecule has 136 valence electrons. The van der Waals surface area contributed by atoms with Crippen molar-refractivity contribution >= 4 is 0 Å². The normalized spacial score (nSPS) is 17.4. The Hall–Kier alpha value is -1.66. The predicted octanol–water partition coefficient (Wildman–Crippen LogP) is 5.24. The monoisotopic (exact) mass is 339 g/mol. The smallest absolute Gasteiger partial charge is 0.104 e. The van der Waals surface area contributed by atoms with Gasteiger partial charge < -0.3 is 0 Å². The fraction of sp³-hybridized carbons (Fsp3) is 0.636. The van der Waals surface area contributed by atoms with Gasteiger partial charge in [0.2, 0.25) is 0 Å². The Morgan fingerprint density at radius 1 is 1.20 bits per heavy atom. The summed E-state index contributed by atoms with van der Waals surface area (Å²) in [6, 6.07) is 9.61. The van der Waals surface area contributed by atoms with E-state index in [0.29, 0.717) is 12.1 Å². The Labute approximate surface area is 153 Å². The Bertz CT molecular complexity index is 589. The van der Waals surface area contributed by atoms with Crippen molar-refractivity contribution in [2.45, 2.75) is 83.7 Å². The van der Waals surface area contributed by atoms with Crippen molar-refractivity contribution in [2.75, 3.05) is 6.54 Å². The van der Waals surface area contributed by atoms with Crippen LogP contribution in [-0.4, -0.2) is 28.5 Å². The molecular formula is C22H33N3. The molecule has 3 heteroatoms. The second-order valence-corrected chi connectivity index (χ2v) is 7.87. The van der Waals surface area contributed by atoms with E-state index in [1.807, 2.05) is 24.4 Å². The van der Waals surface area contributed by atoms with Crippen LogP contribution >= 0.6 is 0 Å². The molecule has 0 spiro atoms. The molecule has 0 fully saturated rings. The molecule has 1 aliphatic carbocycles. The van der Waals surface area contributed by atoms with Crippen molar-refractivity contribution in [1.82, 2.24) is 9.88 Å². The molecule has 0 aromatic carbocycles. The van der Waals surface area contributed by atoms with Gasteiger partial charge in [0, 0.05) is 24.8 Å². The van der Waals surface area contributed by atoms with E-state index < -0.39 is 5.41 Å². The summed E-state index contributed by atoms with van der Waals surface area (Å²) in [6.45, 7) is 9.86. The average molecular weight is 340 g/mol. The lowest BCUT2D eigenvalue weighted by Gasteiger charge is -2.35. The molecule has 1 aromatic heterocycles. The van der Waals surface area contributed by atoms with Gasteiger partial charge >= 0.3 is 0 Å². The lowest BCUT2D eigenvalue weighted by atomic mass is 9.74. The van der Waals surface area contributed by atoms with E-state index in [2.05, 4.69) is 49.7 Å². The van der Waals surface area contributed by atoms with Crippen LogP contribution in [0.15, 0.2) is 36.0 Å². The number of rotatable bonds is 8. The Morgan fingerprint density at radius 3 is 2.48 bits per heavy atom. The number of hydrogen-bond donors (Lipinski definition) is 0. The predicted molar refractivity (Wildman–Crippen MR) is 104 cm³/mol. The van der Waals surface area contributed by atoms with Crippen LogP contribution in [0.1, 0.15) is 71.9 Å². The van der Waals surface area contributed by atoms with Gasteiger partial charge in [0.1, 0.15) is 5.41 Å². The van der Waals surface area contributed by atoms with Crippen LogP contribution < -0.4 is 0 Å². The second kappa shape index (κ2) is 9.15. The van der Waals surface area contributed by atoms with E-state index in [4.69, 9.17) is 0 Å². The van der Waals surface area contributed by atoms with E-state index in [-0.39, 0.29) is 0 Å². The molecule has 0 amide bonds. The maximum absolute atomic E-state index is 10.2. The van der Waals surface area contributed by atoms with Gasteiger partial charge in [-0.15, -0.1) is 0 Å². The lowest BCUT2D eigenvalue weighted by Crippen LogP contribution is -2.41. The van der Waals surface area contributed by atoms with Gasteiger partial charge in [-0.05, 0) is 78.4 Å². The molecule has 1 unspecified atom stereocenters. The molecule has 0 saturated heterocycles. The molecule has 0 saturated carbocycles. The number of nitrogens with zero attached hydrogens (tertiary/aromatic N) is 3. The third-order valence-corrected chi connectivity index (χ3v) is 5.41. The van der Waals surface area contributed by atoms with Gasteiger partial charge in [-0.2, -0.15) is 5.26 Å². The van der Waals surface area contributed by atoms with Gasteiger partial charge in [-0.3, -0.25) is 9.88 Å². The quantitative estimate of drug-likeness (QED) is 0.608. The highest BCUT2D eigenvalue weighted by molar-refractivity contribution is 5.30. The minimum atomic E-state index is -0.521. The number of aromatic nitrogens is 1. The minimum Gasteiger partial charge on any atom is -0.298 e. The largest absolute Gasteiger partial charge is 0.298 e. The van der Waals surface area contributed by atoms with Crippen LogP contribution in [0.5, 0.6) is 0 Å². The van der Waals surface area contributed by atoms with E-state index in [1.54, 1.807) is 0 Å². The summed E-state index contributed by atoms with van der Waals surface area (Å²) in [6.07, 6.45) is 10.7. The Balaban J connectivity index is 2.28. The third kappa shape index (κ3) is 5.16. The zero-order valence-electron chi connectivity index (χ0n) is 16.3. The van der Waals surface area contributed by atoms with E-state index in [9.17, 15) is 5.26 Å². The van der Waals surface area contributed by atoms with Crippen LogP contribution in [0, 0.1) is 11.3 Å². The number of hydrogen-bond acceptors (Lipinski definition) is 3. The standard InChI is InChI=1S/C22H33N3/c1-18(2)25(19(3)4)15-13-22(17-23,21-12-8-9-14-24-21)16-20-10-6-5-7-11-20/h8-10,12,14,18-19H,5-7,11,13,15-16H2,1-4H3. The number of nitriles is 1. The SMILES string of the molecule is CC(C)N(CCC(C#N)(CC1=CCCCC1)c1ccccn1)C(C)C. The van der Waals surface area contributed by atoms with Gasteiger partial charge in [0.05, 0.1) is 11.8 Å². The molecule has 1 heterocycles. The van der Waals surface area contributed by atoms with Gasteiger partial charge in [-0.25, -0.2) is 0 Å². The number of pyridine rings is 1. The Morgan fingerprint density at radius 2 is 1.96 bits per heavy atom. The van der Waals surface area contributed by atoms with Crippen LogP contribution in [-0.2, 0) is 5.41 Å². The summed E-state index contributed by atoms with van der Waals surface area (Å²) in [7, 11) is 0. The second-order valence-electron chi connectivity index (χ2n) is 7.87. The molecule has 1 aromatic rings. The van der Waals surface area contributed by atoms with Gasteiger partial charge in [0.25, 0.3) is 0 Å². The maximum Gasteiger partial charge on any atom is 0.104 e. The molecular weight excluding hydrogens is 306 g/mol. The molecule has 0 aliphatic heterocycles. The van der Waals surface area contributed by atoms with Crippen molar-refractivity contribution in [3.8, 4) is 6.07 Å². The van der Waals surface area contributed by atoms with Crippen LogP contribution in [0.2, 0.25) is 0 Å². The zero-order valence-corrected chi connectivity index (χ0v) is 16.3. The van der Waals surface area contributed by atoms with Crippen LogP contribution in [0.3, 0.4) is 0 Å². The molecule has 0 N–H and O–H groups in total. The highest BCUT2D eigenvalue weighted by Crippen LogP contribution is 2.36. The summed E-state index contributed by atoms with van der Waals surface area (Å²) in [5.74, 6) is 0. The topological polar surface area (TPSA) is 39.9 Å². The molecule has 0 bridgehead atoms. The highest BCUT2D eigenvalue weighted by Gasteiger charge is 2.35. The first-order chi connectivity index (χ1) is 12.0. The first-order valence-corrected chi connectivity index (χ1v) is 9.75. The van der Waals surface area contributed by atoms with Gasteiger partial charge in [-0.1, -0.05) is 17.7 Å². The molecule has 2 rings (SSSR count). The summed E-state index contributed by atoms with van der Waals surface area (Å²) >= 11 is 0. The fourth-order valence-corrected chi connectivity index (χ4v) is 3.99. The van der Waals surface area contributed by atoms with Crippen molar-refractivity contribution in [3.05, 3.63) is 41.7 Å². The van der Waals surface area contributed by atoms with Crippen molar-refractivity contribution in [2.24, 2.45) is 0 Å². The highest BCUT2D eigenvalue weighted by atomic mass is 15.2. The maximum atomic E-state index is 10.2. The van der Waals surface area contributed by atoms with Gasteiger partial charge in [0.15, 0.2) is 0 Å². The third-order valence-electron chi connectivity index (χ3n) is 5.41. The summed E-state index contributed by atoms with van der Waals surface area (Å²) in [4.78, 5) is 7.06. The molecule has 3 nitrogen and oxygen atoms in total. The average Bonchev–Trinajstić information content (AvgIpc) is 2.62. The Kier molecular flexibility index (Phi) is 7.20. The summed E-state index contributed by atoms with van der Waals surface area (Å²) < 4.78 is 0. The first kappa shape index (κ1) is 19.7. The van der Waals surface area contributed by atoms with Crippen molar-refractivity contribution in [3.63, 3.8) is 0 Å². The van der Waals surface area contributed by atoms with Crippen LogP contribution in [0.25, 0.3) is 0 Å². The van der Waals surface area contributed by atoms with E-state index in [1.165, 1.54) is 18.4 Å². The first-order valence-electron chi connectivity index (χ1n) is 9.75. The summed E-state index contributed by atoms with van der Waals surface area (Å²) in [5.41, 5.74) is 1.85. The number of allylic oxidation sites excluding steroid dienone is 2. The summed E-state index contributed by atoms with van der Waals surface area (Å²) in [5, 5.41) is 10.2. The molecule has 25 heavy (non-hydrogen) atoms. The van der Waals surface area contributed by atoms with Crippen molar-refractivity contribution in [1.29, 1.82) is 5.26 Å². The molecule has 1 atom stereocenters. The van der Waals surface area contributed by atoms with E-state index in [0.717, 1.165) is 37.9 Å². The van der Waals surface area contributed by atoms with Crippen molar-refractivity contribution < 1.29 is 0 Å². The molecule has 0 radical (unpaired) electrons.